The third-order valence-corrected chi connectivity index (χ3v) is 1.48. The Balaban J connectivity index is 3.38. The van der Waals surface area contributed by atoms with Crippen molar-refractivity contribution in [2.24, 2.45) is 0 Å². The number of hydrogen-bond acceptors (Lipinski definition) is 2. The molecule has 1 aromatic rings. The number of quaternary nitrogens is 1. The van der Waals surface area contributed by atoms with Crippen LogP contribution in [0.4, 0.5) is 19.1 Å². The van der Waals surface area contributed by atoms with E-state index in [1.165, 1.54) is 0 Å². The molecule has 76 valence electrons. The molecule has 7 heteroatoms. The first-order chi connectivity index (χ1) is 6.32. The van der Waals surface area contributed by atoms with Gasteiger partial charge in [0.1, 0.15) is 11.3 Å². The van der Waals surface area contributed by atoms with Gasteiger partial charge in [-0.3, -0.25) is 0 Å². The largest absolute Gasteiger partial charge is 0.508 e. The summed E-state index contributed by atoms with van der Waals surface area (Å²) in [6.45, 7) is 0. The zero-order valence-corrected chi connectivity index (χ0v) is 6.62. The summed E-state index contributed by atoms with van der Waals surface area (Å²) in [6.07, 6.45) is 0. The number of rotatable bonds is 2. The van der Waals surface area contributed by atoms with Gasteiger partial charge in [0.05, 0.1) is 19.5 Å². The number of phenolic OH excluding ortho intramolecular Hbond substituents is 1. The molecule has 2 N–H and O–H groups in total. The summed E-state index contributed by atoms with van der Waals surface area (Å²) < 4.78 is 36.5. The summed E-state index contributed by atoms with van der Waals surface area (Å²) >= 11 is 0. The van der Waals surface area contributed by atoms with Crippen LogP contribution >= 0.6 is 0 Å². The van der Waals surface area contributed by atoms with Crippen molar-refractivity contribution in [3.63, 3.8) is 0 Å². The average Bonchev–Trinajstić information content (AvgIpc) is 2.01. The maximum atomic E-state index is 12.2. The van der Waals surface area contributed by atoms with Crippen LogP contribution < -0.4 is 5.15 Å². The van der Waals surface area contributed by atoms with Crippen molar-refractivity contribution in [3.8, 4) is 5.75 Å². The number of halogens is 3. The first-order valence-electron chi connectivity index (χ1n) is 3.37. The quantitative estimate of drug-likeness (QED) is 0.731. The first-order valence-corrected chi connectivity index (χ1v) is 3.37. The second kappa shape index (κ2) is 3.18. The SMILES string of the molecule is O=C(O)c1ccc(O)cc1[N+](F)(F)F. The van der Waals surface area contributed by atoms with Gasteiger partial charge in [-0.25, -0.2) is 4.79 Å². The van der Waals surface area contributed by atoms with Gasteiger partial charge >= 0.3 is 5.97 Å². The number of hydrogen-bond donors (Lipinski definition) is 2. The maximum Gasteiger partial charge on any atom is 0.342 e. The molecule has 0 aliphatic carbocycles. The number of phenols is 1. The van der Waals surface area contributed by atoms with Crippen LogP contribution in [0.25, 0.3) is 0 Å². The minimum atomic E-state index is -4.14. The molecule has 0 atom stereocenters. The van der Waals surface area contributed by atoms with Gasteiger partial charge in [-0.15, -0.1) is 0 Å². The lowest BCUT2D eigenvalue weighted by Gasteiger charge is -2.03. The van der Waals surface area contributed by atoms with Crippen LogP contribution in [0.5, 0.6) is 5.75 Å². The first kappa shape index (κ1) is 10.3. The van der Waals surface area contributed by atoms with E-state index in [9.17, 15) is 18.2 Å². The van der Waals surface area contributed by atoms with E-state index in [1.807, 2.05) is 0 Å². The number of carbonyl (C=O) groups is 1. The normalized spacial score (nSPS) is 11.4. The minimum absolute atomic E-state index is 0.351. The van der Waals surface area contributed by atoms with Gasteiger partial charge in [-0.05, 0) is 12.1 Å². The molecular weight excluding hydrogens is 203 g/mol. The number of carboxylic acids is 1. The summed E-state index contributed by atoms with van der Waals surface area (Å²) in [5.74, 6) is -2.34. The van der Waals surface area contributed by atoms with Gasteiger partial charge in [0.15, 0.2) is 0 Å². The summed E-state index contributed by atoms with van der Waals surface area (Å²) in [5, 5.41) is 13.1. The molecule has 4 nitrogen and oxygen atoms in total. The Bertz CT molecular complexity index is 375. The van der Waals surface area contributed by atoms with Crippen molar-refractivity contribution < 1.29 is 28.5 Å². The topological polar surface area (TPSA) is 57.5 Å². The molecule has 0 spiro atoms. The van der Waals surface area contributed by atoms with Crippen molar-refractivity contribution in [2.45, 2.75) is 0 Å². The van der Waals surface area contributed by atoms with E-state index in [2.05, 4.69) is 0 Å². The minimum Gasteiger partial charge on any atom is -0.508 e. The molecule has 0 bridgehead atoms. The molecular formula is C7H5F3NO3+. The van der Waals surface area contributed by atoms with Crippen LogP contribution in [0.2, 0.25) is 0 Å². The van der Waals surface area contributed by atoms with Crippen molar-refractivity contribution in [3.05, 3.63) is 23.8 Å². The molecule has 1 rings (SSSR count). The molecule has 0 heterocycles. The van der Waals surface area contributed by atoms with Gasteiger partial charge in [0.2, 0.25) is 0 Å². The molecule has 1 aromatic carbocycles. The fraction of sp³-hybridized carbons (Fsp3) is 0. The van der Waals surface area contributed by atoms with Crippen LogP contribution in [0.1, 0.15) is 10.4 Å². The van der Waals surface area contributed by atoms with Crippen LogP contribution in [0.3, 0.4) is 0 Å². The highest BCUT2D eigenvalue weighted by Crippen LogP contribution is 2.33. The molecule has 0 aliphatic rings. The van der Waals surface area contributed by atoms with E-state index >= 15 is 0 Å². The third kappa shape index (κ3) is 1.94. The van der Waals surface area contributed by atoms with Gasteiger partial charge in [0, 0.05) is 0 Å². The molecule has 0 aliphatic heterocycles. The van der Waals surface area contributed by atoms with E-state index in [-0.39, 0.29) is 0 Å². The molecule has 0 saturated carbocycles. The van der Waals surface area contributed by atoms with Crippen LogP contribution in [-0.2, 0) is 0 Å². The zero-order valence-electron chi connectivity index (χ0n) is 6.62. The Morgan fingerprint density at radius 3 is 2.29 bits per heavy atom. The van der Waals surface area contributed by atoms with Gasteiger partial charge < -0.3 is 10.2 Å². The predicted molar refractivity (Wildman–Crippen MR) is 40.2 cm³/mol. The van der Waals surface area contributed by atoms with Gasteiger partial charge in [-0.1, -0.05) is 0 Å². The fourth-order valence-electron chi connectivity index (χ4n) is 0.911. The highest BCUT2D eigenvalue weighted by molar-refractivity contribution is 5.93. The van der Waals surface area contributed by atoms with E-state index in [1.54, 1.807) is 0 Å². The van der Waals surface area contributed by atoms with E-state index in [4.69, 9.17) is 10.2 Å². The smallest absolute Gasteiger partial charge is 0.342 e. The van der Waals surface area contributed by atoms with E-state index in [0.717, 1.165) is 6.07 Å². The predicted octanol–water partition coefficient (Wildman–Crippen LogP) is 2.05. The lowest BCUT2D eigenvalue weighted by atomic mass is 10.2. The number of aromatic carboxylic acids is 1. The number of nitrogens with zero attached hydrogens (tertiary/aromatic N) is 1. The summed E-state index contributed by atoms with van der Waals surface area (Å²) in [7, 11) is 0. The summed E-state index contributed by atoms with van der Waals surface area (Å²) in [5.41, 5.74) is -2.33. The van der Waals surface area contributed by atoms with Gasteiger partial charge in [-0.2, -0.15) is 0 Å². The monoisotopic (exact) mass is 208 g/mol. The van der Waals surface area contributed by atoms with Crippen LogP contribution in [0, 0.1) is 0 Å². The molecule has 0 aromatic heterocycles. The lowest BCUT2D eigenvalue weighted by Crippen LogP contribution is -2.20. The van der Waals surface area contributed by atoms with Crippen LogP contribution in [0.15, 0.2) is 18.2 Å². The lowest BCUT2D eigenvalue weighted by molar-refractivity contribution is -0.279. The molecule has 0 fully saturated rings. The molecule has 0 amide bonds. The molecule has 14 heavy (non-hydrogen) atoms. The van der Waals surface area contributed by atoms with Crippen molar-refractivity contribution >= 4 is 11.7 Å². The highest BCUT2D eigenvalue weighted by Gasteiger charge is 2.40. The summed E-state index contributed by atoms with van der Waals surface area (Å²) in [6, 6.07) is 1.92. The van der Waals surface area contributed by atoms with Crippen molar-refractivity contribution in [1.82, 2.24) is 5.15 Å². The molecule has 0 saturated heterocycles. The zero-order chi connectivity index (χ0) is 10.9. The average molecular weight is 208 g/mol. The van der Waals surface area contributed by atoms with Gasteiger partial charge in [0.25, 0.3) is 10.8 Å². The second-order valence-corrected chi connectivity index (χ2v) is 2.45. The number of benzene rings is 1. The third-order valence-electron chi connectivity index (χ3n) is 1.48. The number of carboxylic acid groups (broad SMARTS) is 1. The highest BCUT2D eigenvalue weighted by atomic mass is 19.6. The van der Waals surface area contributed by atoms with Crippen molar-refractivity contribution in [1.29, 1.82) is 0 Å². The Hall–Kier alpha value is -1.76. The molecule has 0 radical (unpaired) electrons. The van der Waals surface area contributed by atoms with Crippen molar-refractivity contribution in [2.75, 3.05) is 0 Å². The van der Waals surface area contributed by atoms with Crippen LogP contribution in [-0.4, -0.2) is 16.2 Å². The fourth-order valence-corrected chi connectivity index (χ4v) is 0.911. The Kier molecular flexibility index (Phi) is 2.35. The number of aromatic hydroxyl groups is 1. The summed E-state index contributed by atoms with van der Waals surface area (Å²) in [4.78, 5) is 10.4. The van der Waals surface area contributed by atoms with E-state index < -0.39 is 28.1 Å². The second-order valence-electron chi connectivity index (χ2n) is 2.45. The van der Waals surface area contributed by atoms with E-state index in [0.29, 0.717) is 12.1 Å². The maximum absolute atomic E-state index is 12.2. The Morgan fingerprint density at radius 1 is 1.29 bits per heavy atom. The Morgan fingerprint density at radius 2 is 1.86 bits per heavy atom. The standard InChI is InChI=1S/C7H4F3NO3/c8-11(9,10)6-3-4(12)1-2-5(6)7(13)14/h1-3H,(H-,12,13,14)/p+1. The molecule has 0 unspecified atom stereocenters. The Labute approximate surface area is 75.8 Å².